The molecule has 158 valence electrons. The highest BCUT2D eigenvalue weighted by atomic mass is 32.1. The average Bonchev–Trinajstić information content (AvgIpc) is 3.18. The van der Waals surface area contributed by atoms with Crippen molar-refractivity contribution < 1.29 is 19.0 Å². The molecule has 0 N–H and O–H groups in total. The number of ether oxygens (including phenoxy) is 3. The zero-order chi connectivity index (χ0) is 21.1. The summed E-state index contributed by atoms with van der Waals surface area (Å²) in [6, 6.07) is 11.1. The van der Waals surface area contributed by atoms with E-state index >= 15 is 0 Å². The quantitative estimate of drug-likeness (QED) is 0.573. The molecule has 2 aromatic carbocycles. The number of anilines is 1. The lowest BCUT2D eigenvalue weighted by atomic mass is 10.1. The van der Waals surface area contributed by atoms with E-state index in [9.17, 15) is 4.79 Å². The third kappa shape index (κ3) is 4.34. The molecule has 30 heavy (non-hydrogen) atoms. The van der Waals surface area contributed by atoms with Crippen molar-refractivity contribution in [2.75, 3.05) is 52.4 Å². The van der Waals surface area contributed by atoms with E-state index in [1.807, 2.05) is 32.3 Å². The fourth-order valence-corrected chi connectivity index (χ4v) is 4.31. The third-order valence-electron chi connectivity index (χ3n) is 4.84. The first-order chi connectivity index (χ1) is 14.5. The Morgan fingerprint density at radius 3 is 2.67 bits per heavy atom. The van der Waals surface area contributed by atoms with Gasteiger partial charge in [-0.2, -0.15) is 0 Å². The topological polar surface area (TPSA) is 64.1 Å². The van der Waals surface area contributed by atoms with E-state index in [1.165, 1.54) is 11.3 Å². The lowest BCUT2D eigenvalue weighted by Gasteiger charge is -2.23. The number of amides is 1. The Bertz CT molecular complexity index is 1050. The van der Waals surface area contributed by atoms with Crippen molar-refractivity contribution in [3.63, 3.8) is 0 Å². The van der Waals surface area contributed by atoms with Gasteiger partial charge in [0.15, 0.2) is 16.6 Å². The van der Waals surface area contributed by atoms with Crippen LogP contribution < -0.4 is 19.1 Å². The van der Waals surface area contributed by atoms with E-state index in [1.54, 1.807) is 30.2 Å². The lowest BCUT2D eigenvalue weighted by molar-refractivity contribution is 0.0984. The van der Waals surface area contributed by atoms with Crippen LogP contribution in [0.4, 0.5) is 5.13 Å². The molecule has 0 saturated heterocycles. The van der Waals surface area contributed by atoms with Crippen LogP contribution in [0.5, 0.6) is 17.2 Å². The molecule has 2 heterocycles. The van der Waals surface area contributed by atoms with Crippen LogP contribution in [0.2, 0.25) is 0 Å². The van der Waals surface area contributed by atoms with Crippen molar-refractivity contribution in [1.82, 2.24) is 9.88 Å². The maximum Gasteiger partial charge on any atom is 0.260 e. The van der Waals surface area contributed by atoms with Gasteiger partial charge in [-0.05, 0) is 63.5 Å². The fraction of sp³-hybridized carbons (Fsp3) is 0.364. The minimum absolute atomic E-state index is 0.100. The van der Waals surface area contributed by atoms with Gasteiger partial charge in [0.2, 0.25) is 0 Å². The van der Waals surface area contributed by atoms with Gasteiger partial charge < -0.3 is 19.1 Å². The molecule has 3 aromatic rings. The molecule has 0 fully saturated rings. The minimum Gasteiger partial charge on any atom is -0.497 e. The van der Waals surface area contributed by atoms with Gasteiger partial charge in [-0.25, -0.2) is 4.98 Å². The molecule has 1 aliphatic heterocycles. The summed E-state index contributed by atoms with van der Waals surface area (Å²) in [6.45, 7) is 2.45. The number of nitrogens with zero attached hydrogens (tertiary/aromatic N) is 3. The molecule has 0 saturated carbocycles. The molecule has 0 unspecified atom stereocenters. The van der Waals surface area contributed by atoms with E-state index in [4.69, 9.17) is 19.2 Å². The van der Waals surface area contributed by atoms with Crippen LogP contribution in [0.1, 0.15) is 16.8 Å². The van der Waals surface area contributed by atoms with E-state index in [2.05, 4.69) is 4.90 Å². The normalized spacial score (nSPS) is 12.9. The summed E-state index contributed by atoms with van der Waals surface area (Å²) in [4.78, 5) is 22.0. The molecule has 0 spiro atoms. The summed E-state index contributed by atoms with van der Waals surface area (Å²) in [7, 11) is 5.69. The Hall–Kier alpha value is -2.84. The van der Waals surface area contributed by atoms with Crippen LogP contribution in [0.3, 0.4) is 0 Å². The molecular formula is C22H25N3O4S. The highest BCUT2D eigenvalue weighted by Gasteiger charge is 2.23. The number of hydrogen-bond donors (Lipinski definition) is 0. The zero-order valence-electron chi connectivity index (χ0n) is 17.4. The van der Waals surface area contributed by atoms with Crippen molar-refractivity contribution in [1.29, 1.82) is 0 Å². The number of thiazole rings is 1. The van der Waals surface area contributed by atoms with Crippen LogP contribution in [-0.2, 0) is 0 Å². The summed E-state index contributed by atoms with van der Waals surface area (Å²) in [5.74, 6) is 1.95. The van der Waals surface area contributed by atoms with E-state index in [0.29, 0.717) is 42.0 Å². The summed E-state index contributed by atoms with van der Waals surface area (Å²) >= 11 is 1.49. The summed E-state index contributed by atoms with van der Waals surface area (Å²) in [5, 5.41) is 0.678. The number of methoxy groups -OCH3 is 1. The number of rotatable bonds is 7. The summed E-state index contributed by atoms with van der Waals surface area (Å²) in [6.07, 6.45) is 0.836. The second-order valence-corrected chi connectivity index (χ2v) is 8.31. The Morgan fingerprint density at radius 1 is 1.10 bits per heavy atom. The lowest BCUT2D eigenvalue weighted by Crippen LogP contribution is -2.33. The van der Waals surface area contributed by atoms with Gasteiger partial charge in [0.05, 0.1) is 17.3 Å². The van der Waals surface area contributed by atoms with Gasteiger partial charge in [0.1, 0.15) is 19.0 Å². The SMILES string of the molecule is COc1ccc2nc(N(CCCN(C)C)C(=O)c3ccc4c(c3)OCCO4)sc2c1. The van der Waals surface area contributed by atoms with Gasteiger partial charge >= 0.3 is 0 Å². The van der Waals surface area contributed by atoms with Crippen LogP contribution in [0.15, 0.2) is 36.4 Å². The maximum atomic E-state index is 13.5. The van der Waals surface area contributed by atoms with Crippen molar-refractivity contribution in [3.8, 4) is 17.2 Å². The number of carbonyl (C=O) groups excluding carboxylic acids is 1. The monoisotopic (exact) mass is 427 g/mol. The average molecular weight is 428 g/mol. The molecule has 1 aliphatic rings. The highest BCUT2D eigenvalue weighted by Crippen LogP contribution is 2.34. The number of benzene rings is 2. The number of aromatic nitrogens is 1. The minimum atomic E-state index is -0.100. The molecule has 0 atom stereocenters. The van der Waals surface area contributed by atoms with Crippen molar-refractivity contribution in [2.24, 2.45) is 0 Å². The molecule has 0 bridgehead atoms. The highest BCUT2D eigenvalue weighted by molar-refractivity contribution is 7.22. The van der Waals surface area contributed by atoms with Crippen LogP contribution in [-0.4, -0.2) is 63.3 Å². The first kappa shape index (κ1) is 20.4. The Kier molecular flexibility index (Phi) is 6.06. The summed E-state index contributed by atoms with van der Waals surface area (Å²) < 4.78 is 17.5. The predicted octanol–water partition coefficient (Wildman–Crippen LogP) is 3.67. The van der Waals surface area contributed by atoms with Gasteiger partial charge in [-0.1, -0.05) is 11.3 Å². The van der Waals surface area contributed by atoms with E-state index in [-0.39, 0.29) is 5.91 Å². The first-order valence-electron chi connectivity index (χ1n) is 9.86. The number of carbonyl (C=O) groups is 1. The fourth-order valence-electron chi connectivity index (χ4n) is 3.30. The van der Waals surface area contributed by atoms with Crippen molar-refractivity contribution in [2.45, 2.75) is 6.42 Å². The van der Waals surface area contributed by atoms with Gasteiger partial charge in [-0.15, -0.1) is 0 Å². The standard InChI is InChI=1S/C22H25N3O4S/c1-24(2)9-4-10-25(22-23-17-7-6-16(27-3)14-20(17)30-22)21(26)15-5-8-18-19(13-15)29-12-11-28-18/h5-8,13-14H,4,9-12H2,1-3H3. The van der Waals surface area contributed by atoms with Crippen LogP contribution in [0.25, 0.3) is 10.2 Å². The molecule has 4 rings (SSSR count). The van der Waals surface area contributed by atoms with E-state index in [0.717, 1.165) is 28.9 Å². The van der Waals surface area contributed by atoms with Crippen molar-refractivity contribution in [3.05, 3.63) is 42.0 Å². The Labute approximate surface area is 179 Å². The smallest absolute Gasteiger partial charge is 0.260 e. The molecular weight excluding hydrogens is 402 g/mol. The Morgan fingerprint density at radius 2 is 1.90 bits per heavy atom. The number of fused-ring (bicyclic) bond motifs is 2. The van der Waals surface area contributed by atoms with E-state index < -0.39 is 0 Å². The molecule has 1 aromatic heterocycles. The molecule has 0 aliphatic carbocycles. The number of hydrogen-bond acceptors (Lipinski definition) is 7. The molecule has 8 heteroatoms. The van der Waals surface area contributed by atoms with Gasteiger partial charge in [0.25, 0.3) is 5.91 Å². The second-order valence-electron chi connectivity index (χ2n) is 7.30. The van der Waals surface area contributed by atoms with Crippen molar-refractivity contribution >= 4 is 32.6 Å². The predicted molar refractivity (Wildman–Crippen MR) is 118 cm³/mol. The largest absolute Gasteiger partial charge is 0.497 e. The van der Waals surface area contributed by atoms with Crippen LogP contribution >= 0.6 is 11.3 Å². The van der Waals surface area contributed by atoms with Gasteiger partial charge in [0, 0.05) is 12.1 Å². The zero-order valence-corrected chi connectivity index (χ0v) is 18.2. The summed E-state index contributed by atoms with van der Waals surface area (Å²) in [5.41, 5.74) is 1.41. The second kappa shape index (κ2) is 8.89. The van der Waals surface area contributed by atoms with Crippen LogP contribution in [0, 0.1) is 0 Å². The molecule has 1 amide bonds. The molecule has 7 nitrogen and oxygen atoms in total. The Balaban J connectivity index is 1.66. The maximum absolute atomic E-state index is 13.5. The first-order valence-corrected chi connectivity index (χ1v) is 10.7. The molecule has 0 radical (unpaired) electrons. The van der Waals surface area contributed by atoms with Gasteiger partial charge in [-0.3, -0.25) is 9.69 Å². The third-order valence-corrected chi connectivity index (χ3v) is 5.88.